The van der Waals surface area contributed by atoms with E-state index in [2.05, 4.69) is 20.4 Å². The zero-order chi connectivity index (χ0) is 9.98. The van der Waals surface area contributed by atoms with E-state index in [-0.39, 0.29) is 6.61 Å². The quantitative estimate of drug-likeness (QED) is 0.644. The molecular formula is C11H22O. The molecule has 0 radical (unpaired) electrons. The van der Waals surface area contributed by atoms with Gasteiger partial charge in [-0.15, -0.1) is 6.58 Å². The van der Waals surface area contributed by atoms with Crippen LogP contribution in [-0.2, 0) is 0 Å². The molecular weight excluding hydrogens is 148 g/mol. The summed E-state index contributed by atoms with van der Waals surface area (Å²) in [5, 5.41) is 8.16. The van der Waals surface area contributed by atoms with Gasteiger partial charge in [-0.1, -0.05) is 30.6 Å². The summed E-state index contributed by atoms with van der Waals surface area (Å²) in [5.74, 6) is 0. The molecule has 0 amide bonds. The van der Waals surface area contributed by atoms with Gasteiger partial charge in [0.1, 0.15) is 0 Å². The second-order valence-electron chi connectivity index (χ2n) is 3.17. The van der Waals surface area contributed by atoms with Crippen molar-refractivity contribution in [3.63, 3.8) is 0 Å². The van der Waals surface area contributed by atoms with E-state index in [1.165, 1.54) is 18.4 Å². The highest BCUT2D eigenvalue weighted by atomic mass is 16.2. The van der Waals surface area contributed by atoms with Gasteiger partial charge in [-0.25, -0.2) is 0 Å². The third kappa shape index (κ3) is 22.7. The lowest BCUT2D eigenvalue weighted by Gasteiger charge is -1.87. The van der Waals surface area contributed by atoms with Gasteiger partial charge < -0.3 is 5.11 Å². The molecule has 1 heteroatoms. The molecule has 0 rings (SSSR count). The molecule has 0 saturated heterocycles. The van der Waals surface area contributed by atoms with Crippen molar-refractivity contribution in [2.75, 3.05) is 6.61 Å². The Labute approximate surface area is 76.8 Å². The summed E-state index contributed by atoms with van der Waals surface area (Å²) < 4.78 is 0. The van der Waals surface area contributed by atoms with Crippen molar-refractivity contribution < 1.29 is 5.11 Å². The lowest BCUT2D eigenvalue weighted by atomic mass is 10.2. The molecule has 0 aromatic rings. The average Bonchev–Trinajstić information content (AvgIpc) is 1.87. The van der Waals surface area contributed by atoms with E-state index in [0.717, 1.165) is 5.57 Å². The van der Waals surface area contributed by atoms with E-state index in [1.54, 1.807) is 6.08 Å². The summed E-state index contributed by atoms with van der Waals surface area (Å²) in [4.78, 5) is 0. The average molecular weight is 170 g/mol. The molecule has 1 N–H and O–H groups in total. The molecule has 0 aliphatic heterocycles. The number of aliphatic hydroxyl groups is 1. The molecule has 0 spiro atoms. The minimum atomic E-state index is 0.169. The molecule has 0 fully saturated rings. The predicted molar refractivity (Wildman–Crippen MR) is 56.2 cm³/mol. The summed E-state index contributed by atoms with van der Waals surface area (Å²) in [6.45, 7) is 12.0. The Morgan fingerprint density at radius 2 is 1.83 bits per heavy atom. The van der Waals surface area contributed by atoms with Crippen LogP contribution >= 0.6 is 0 Å². The van der Waals surface area contributed by atoms with Crippen molar-refractivity contribution in [2.45, 2.75) is 40.5 Å². The first-order valence-corrected chi connectivity index (χ1v) is 4.43. The van der Waals surface area contributed by atoms with Crippen molar-refractivity contribution in [3.05, 3.63) is 23.8 Å². The summed E-state index contributed by atoms with van der Waals surface area (Å²) in [7, 11) is 0. The maximum atomic E-state index is 8.16. The number of aliphatic hydroxyl groups excluding tert-OH is 1. The predicted octanol–water partition coefficient (Wildman–Crippen LogP) is 3.31. The third-order valence-electron chi connectivity index (χ3n) is 1.18. The van der Waals surface area contributed by atoms with E-state index in [1.807, 2.05) is 13.8 Å². The molecule has 72 valence electrons. The largest absolute Gasteiger partial charge is 0.392 e. The van der Waals surface area contributed by atoms with Gasteiger partial charge in [-0.2, -0.15) is 0 Å². The standard InChI is InChI=1S/C6H12.C5H10O/c1-4-5-6(2)3;1-5(2)3-4-6/h2,4-5H2,1,3H3;3,6H,4H2,1-2H3. The maximum absolute atomic E-state index is 8.16. The van der Waals surface area contributed by atoms with Crippen molar-refractivity contribution in [1.29, 1.82) is 0 Å². The molecule has 0 heterocycles. The summed E-state index contributed by atoms with van der Waals surface area (Å²) in [6, 6.07) is 0. The van der Waals surface area contributed by atoms with Crippen LogP contribution in [0.3, 0.4) is 0 Å². The van der Waals surface area contributed by atoms with Gasteiger partial charge >= 0.3 is 0 Å². The zero-order valence-electron chi connectivity index (χ0n) is 8.85. The lowest BCUT2D eigenvalue weighted by Crippen LogP contribution is -1.71. The normalized spacial score (nSPS) is 8.08. The van der Waals surface area contributed by atoms with E-state index in [0.29, 0.717) is 0 Å². The Hall–Kier alpha value is -0.560. The van der Waals surface area contributed by atoms with Crippen LogP contribution in [0.5, 0.6) is 0 Å². The second-order valence-corrected chi connectivity index (χ2v) is 3.17. The molecule has 0 aromatic carbocycles. The van der Waals surface area contributed by atoms with Crippen molar-refractivity contribution in [3.8, 4) is 0 Å². The SMILES string of the molecule is C=C(C)CCC.CC(C)=CCO. The van der Waals surface area contributed by atoms with Gasteiger partial charge in [0.25, 0.3) is 0 Å². The molecule has 0 bridgehead atoms. The zero-order valence-corrected chi connectivity index (χ0v) is 8.85. The first-order chi connectivity index (χ1) is 5.54. The lowest BCUT2D eigenvalue weighted by molar-refractivity contribution is 0.342. The molecule has 0 atom stereocenters. The van der Waals surface area contributed by atoms with Gasteiger partial charge in [0, 0.05) is 0 Å². The van der Waals surface area contributed by atoms with Gasteiger partial charge in [0.15, 0.2) is 0 Å². The second kappa shape index (κ2) is 10.4. The van der Waals surface area contributed by atoms with Crippen LogP contribution in [0.15, 0.2) is 23.8 Å². The minimum absolute atomic E-state index is 0.169. The van der Waals surface area contributed by atoms with Crippen molar-refractivity contribution in [1.82, 2.24) is 0 Å². The number of allylic oxidation sites excluding steroid dienone is 2. The van der Waals surface area contributed by atoms with E-state index in [9.17, 15) is 0 Å². The fraction of sp³-hybridized carbons (Fsp3) is 0.636. The fourth-order valence-corrected chi connectivity index (χ4v) is 0.609. The molecule has 0 aliphatic carbocycles. The highest BCUT2D eigenvalue weighted by molar-refractivity contribution is 4.91. The Morgan fingerprint density at radius 3 is 1.83 bits per heavy atom. The van der Waals surface area contributed by atoms with Crippen LogP contribution in [0.4, 0.5) is 0 Å². The van der Waals surface area contributed by atoms with Crippen LogP contribution in [0, 0.1) is 0 Å². The van der Waals surface area contributed by atoms with Crippen molar-refractivity contribution >= 4 is 0 Å². The van der Waals surface area contributed by atoms with Gasteiger partial charge in [-0.05, 0) is 27.2 Å². The Balaban J connectivity index is 0. The topological polar surface area (TPSA) is 20.2 Å². The smallest absolute Gasteiger partial charge is 0.0614 e. The summed E-state index contributed by atoms with van der Waals surface area (Å²) in [6.07, 6.45) is 4.18. The van der Waals surface area contributed by atoms with Gasteiger partial charge in [0.2, 0.25) is 0 Å². The van der Waals surface area contributed by atoms with Crippen LogP contribution in [0.1, 0.15) is 40.5 Å². The monoisotopic (exact) mass is 170 g/mol. The van der Waals surface area contributed by atoms with E-state index >= 15 is 0 Å². The molecule has 0 unspecified atom stereocenters. The van der Waals surface area contributed by atoms with Crippen LogP contribution in [0.25, 0.3) is 0 Å². The number of hydrogen-bond acceptors (Lipinski definition) is 1. The first-order valence-electron chi connectivity index (χ1n) is 4.43. The summed E-state index contributed by atoms with van der Waals surface area (Å²) >= 11 is 0. The molecule has 0 aliphatic rings. The Kier molecular flexibility index (Phi) is 12.2. The molecule has 0 saturated carbocycles. The van der Waals surface area contributed by atoms with E-state index in [4.69, 9.17) is 5.11 Å². The summed E-state index contributed by atoms with van der Waals surface area (Å²) in [5.41, 5.74) is 2.45. The van der Waals surface area contributed by atoms with Crippen LogP contribution in [0.2, 0.25) is 0 Å². The Morgan fingerprint density at radius 1 is 1.33 bits per heavy atom. The van der Waals surface area contributed by atoms with Crippen molar-refractivity contribution in [2.24, 2.45) is 0 Å². The fourth-order valence-electron chi connectivity index (χ4n) is 0.609. The highest BCUT2D eigenvalue weighted by Gasteiger charge is 1.76. The highest BCUT2D eigenvalue weighted by Crippen LogP contribution is 1.96. The minimum Gasteiger partial charge on any atom is -0.392 e. The molecule has 1 nitrogen and oxygen atoms in total. The first kappa shape index (κ1) is 14.0. The molecule has 12 heavy (non-hydrogen) atoms. The van der Waals surface area contributed by atoms with Gasteiger partial charge in [0.05, 0.1) is 6.61 Å². The van der Waals surface area contributed by atoms with E-state index < -0.39 is 0 Å². The number of hydrogen-bond donors (Lipinski definition) is 1. The molecule has 0 aromatic heterocycles. The van der Waals surface area contributed by atoms with Gasteiger partial charge in [-0.3, -0.25) is 0 Å². The third-order valence-corrected chi connectivity index (χ3v) is 1.18. The Bertz CT molecular complexity index is 130. The number of rotatable bonds is 3. The van der Waals surface area contributed by atoms with Crippen LogP contribution < -0.4 is 0 Å². The van der Waals surface area contributed by atoms with Crippen LogP contribution in [-0.4, -0.2) is 11.7 Å². The maximum Gasteiger partial charge on any atom is 0.0614 e.